The lowest BCUT2D eigenvalue weighted by atomic mass is 9.91. The van der Waals surface area contributed by atoms with E-state index in [1.54, 1.807) is 0 Å². The lowest BCUT2D eigenvalue weighted by molar-refractivity contribution is -0.314. The fourth-order valence-electron chi connectivity index (χ4n) is 4.50. The highest BCUT2D eigenvalue weighted by Gasteiger charge is 2.53. The quantitative estimate of drug-likeness (QED) is 0.233. The number of ether oxygens (including phenoxy) is 4. The number of halogens is 3. The Bertz CT molecular complexity index is 1220. The van der Waals surface area contributed by atoms with Crippen LogP contribution in [0.5, 0.6) is 0 Å². The molecule has 5 rings (SSSR count). The van der Waals surface area contributed by atoms with E-state index in [0.717, 1.165) is 17.7 Å². The number of hydrazine groups is 1. The van der Waals surface area contributed by atoms with Crippen LogP contribution in [0.15, 0.2) is 48.7 Å². The largest absolute Gasteiger partial charge is 0.376 e. The summed E-state index contributed by atoms with van der Waals surface area (Å²) in [5.41, 5.74) is 2.87. The van der Waals surface area contributed by atoms with E-state index >= 15 is 0 Å². The SMILES string of the molecule is CO[C@@H]1[C@@H](n2cc(-c3cc(F)c(F)c(F)c3)nn2)[C@H]2O[C@@H](c3ccccc3)OC[C@H]2O[C@H]1C(=O)NN. The zero-order valence-electron chi connectivity index (χ0n) is 18.9. The topological polar surface area (TPSA) is 123 Å². The lowest BCUT2D eigenvalue weighted by Crippen LogP contribution is -2.63. The molecule has 6 atom stereocenters. The van der Waals surface area contributed by atoms with Gasteiger partial charge in [-0.05, 0) is 12.1 Å². The summed E-state index contributed by atoms with van der Waals surface area (Å²) in [6.45, 7) is 0.0848. The Hall–Kier alpha value is -3.36. The van der Waals surface area contributed by atoms with E-state index in [1.165, 1.54) is 18.0 Å². The second kappa shape index (κ2) is 9.95. The lowest BCUT2D eigenvalue weighted by Gasteiger charge is -2.48. The minimum absolute atomic E-state index is 0.0264. The summed E-state index contributed by atoms with van der Waals surface area (Å²) in [4.78, 5) is 12.5. The molecule has 0 bridgehead atoms. The molecule has 2 aromatic carbocycles. The van der Waals surface area contributed by atoms with Crippen LogP contribution in [0.4, 0.5) is 13.2 Å². The molecule has 2 fully saturated rings. The van der Waals surface area contributed by atoms with E-state index in [4.69, 9.17) is 24.8 Å². The van der Waals surface area contributed by atoms with Crippen LogP contribution in [-0.4, -0.2) is 59.0 Å². The van der Waals surface area contributed by atoms with Gasteiger partial charge in [0, 0.05) is 18.2 Å². The summed E-state index contributed by atoms with van der Waals surface area (Å²) >= 11 is 0. The Morgan fingerprint density at radius 2 is 1.89 bits per heavy atom. The van der Waals surface area contributed by atoms with Crippen LogP contribution in [-0.2, 0) is 23.7 Å². The van der Waals surface area contributed by atoms with E-state index in [1.807, 2.05) is 30.3 Å². The van der Waals surface area contributed by atoms with Gasteiger partial charge in [-0.3, -0.25) is 10.2 Å². The van der Waals surface area contributed by atoms with Crippen LogP contribution in [0.1, 0.15) is 17.9 Å². The van der Waals surface area contributed by atoms with E-state index in [9.17, 15) is 18.0 Å². The normalized spacial score (nSPS) is 27.9. The number of benzene rings is 2. The Balaban J connectivity index is 1.53. The molecule has 2 saturated heterocycles. The summed E-state index contributed by atoms with van der Waals surface area (Å²) in [6.07, 6.45) is -2.87. The van der Waals surface area contributed by atoms with Crippen molar-refractivity contribution in [3.63, 3.8) is 0 Å². The van der Waals surface area contributed by atoms with Gasteiger partial charge in [-0.2, -0.15) is 0 Å². The average molecular weight is 505 g/mol. The molecule has 1 aromatic heterocycles. The van der Waals surface area contributed by atoms with Gasteiger partial charge < -0.3 is 18.9 Å². The maximum Gasteiger partial charge on any atom is 0.265 e. The molecule has 190 valence electrons. The third kappa shape index (κ3) is 4.35. The maximum absolute atomic E-state index is 13.8. The van der Waals surface area contributed by atoms with Gasteiger partial charge in [0.25, 0.3) is 5.91 Å². The number of carbonyl (C=O) groups is 1. The van der Waals surface area contributed by atoms with E-state index in [-0.39, 0.29) is 17.9 Å². The molecule has 2 aliphatic rings. The Labute approximate surface area is 203 Å². The Morgan fingerprint density at radius 1 is 1.17 bits per heavy atom. The monoisotopic (exact) mass is 505 g/mol. The number of rotatable bonds is 5. The van der Waals surface area contributed by atoms with Gasteiger partial charge in [-0.25, -0.2) is 23.7 Å². The molecule has 10 nitrogen and oxygen atoms in total. The van der Waals surface area contributed by atoms with Gasteiger partial charge >= 0.3 is 0 Å². The fraction of sp³-hybridized carbons (Fsp3) is 0.348. The average Bonchev–Trinajstić information content (AvgIpc) is 3.40. The molecule has 0 aliphatic carbocycles. The second-order valence-electron chi connectivity index (χ2n) is 8.31. The first-order valence-electron chi connectivity index (χ1n) is 11.0. The molecule has 0 unspecified atom stereocenters. The minimum Gasteiger partial charge on any atom is -0.376 e. The molecule has 13 heteroatoms. The predicted molar refractivity (Wildman–Crippen MR) is 116 cm³/mol. The van der Waals surface area contributed by atoms with Crippen molar-refractivity contribution in [2.24, 2.45) is 5.84 Å². The zero-order chi connectivity index (χ0) is 25.4. The Morgan fingerprint density at radius 3 is 2.56 bits per heavy atom. The molecule has 36 heavy (non-hydrogen) atoms. The highest BCUT2D eigenvalue weighted by Crippen LogP contribution is 2.40. The first-order chi connectivity index (χ1) is 17.4. The summed E-state index contributed by atoms with van der Waals surface area (Å²) in [5.74, 6) is 0.405. The first kappa shape index (κ1) is 24.3. The number of aromatic nitrogens is 3. The van der Waals surface area contributed by atoms with Gasteiger partial charge in [0.05, 0.1) is 12.8 Å². The van der Waals surface area contributed by atoms with Crippen LogP contribution in [0.25, 0.3) is 11.3 Å². The molecular weight excluding hydrogens is 483 g/mol. The third-order valence-electron chi connectivity index (χ3n) is 6.19. The summed E-state index contributed by atoms with van der Waals surface area (Å²) < 4.78 is 66.1. The van der Waals surface area contributed by atoms with E-state index in [0.29, 0.717) is 0 Å². The van der Waals surface area contributed by atoms with E-state index < -0.39 is 60.1 Å². The highest BCUT2D eigenvalue weighted by atomic mass is 19.2. The van der Waals surface area contributed by atoms with Crippen molar-refractivity contribution in [3.05, 3.63) is 71.7 Å². The second-order valence-corrected chi connectivity index (χ2v) is 8.31. The van der Waals surface area contributed by atoms with Crippen LogP contribution in [0.2, 0.25) is 0 Å². The van der Waals surface area contributed by atoms with Crippen LogP contribution >= 0.6 is 0 Å². The number of fused-ring (bicyclic) bond motifs is 1. The number of hydrogen-bond acceptors (Lipinski definition) is 8. The van der Waals surface area contributed by atoms with Crippen molar-refractivity contribution in [2.45, 2.75) is 36.7 Å². The third-order valence-corrected chi connectivity index (χ3v) is 6.19. The molecule has 0 saturated carbocycles. The molecule has 2 aliphatic heterocycles. The Kier molecular flexibility index (Phi) is 6.73. The van der Waals surface area contributed by atoms with Gasteiger partial charge in [0.1, 0.15) is 30.0 Å². The van der Waals surface area contributed by atoms with Crippen molar-refractivity contribution in [2.75, 3.05) is 13.7 Å². The molecule has 3 aromatic rings. The maximum atomic E-state index is 13.8. The van der Waals surface area contributed by atoms with Crippen molar-refractivity contribution in [1.82, 2.24) is 20.4 Å². The minimum atomic E-state index is -1.59. The van der Waals surface area contributed by atoms with Gasteiger partial charge in [-0.1, -0.05) is 35.5 Å². The fourth-order valence-corrected chi connectivity index (χ4v) is 4.50. The number of hydrogen-bond donors (Lipinski definition) is 2. The number of amides is 1. The smallest absolute Gasteiger partial charge is 0.265 e. The van der Waals surface area contributed by atoms with Gasteiger partial charge in [0.2, 0.25) is 0 Å². The van der Waals surface area contributed by atoms with Crippen LogP contribution in [0.3, 0.4) is 0 Å². The molecule has 0 spiro atoms. The zero-order valence-corrected chi connectivity index (χ0v) is 18.9. The number of nitrogens with zero attached hydrogens (tertiary/aromatic N) is 3. The molecule has 3 N–H and O–H groups in total. The van der Waals surface area contributed by atoms with Gasteiger partial charge in [-0.15, -0.1) is 5.10 Å². The molecule has 0 radical (unpaired) electrons. The summed E-state index contributed by atoms with van der Waals surface area (Å²) in [6, 6.07) is 10.1. The standard InChI is InChI=1S/C23H22F3N5O5/c1-33-20-18(31-9-15(29-30-31)12-7-13(24)17(26)14(25)8-12)19-16(35-21(20)22(32)28-27)10-34-23(36-19)11-5-3-2-4-6-11/h2-9,16,18-21,23H,10,27H2,1H3,(H,28,32)/t16-,18+,19+,20-,21-,23+/m1/s1. The van der Waals surface area contributed by atoms with Crippen molar-refractivity contribution in [1.29, 1.82) is 0 Å². The van der Waals surface area contributed by atoms with Crippen molar-refractivity contribution < 1.29 is 36.9 Å². The number of nitrogens with one attached hydrogen (secondary N) is 1. The molecular formula is C23H22F3N5O5. The molecule has 1 amide bonds. The van der Waals surface area contributed by atoms with Crippen LogP contribution in [0, 0.1) is 17.5 Å². The highest BCUT2D eigenvalue weighted by molar-refractivity contribution is 5.81. The van der Waals surface area contributed by atoms with Crippen LogP contribution < -0.4 is 11.3 Å². The predicted octanol–water partition coefficient (Wildman–Crippen LogP) is 1.79. The first-order valence-corrected chi connectivity index (χ1v) is 11.0. The van der Waals surface area contributed by atoms with Crippen molar-refractivity contribution in [3.8, 4) is 11.3 Å². The van der Waals surface area contributed by atoms with Gasteiger partial charge in [0.15, 0.2) is 29.8 Å². The van der Waals surface area contributed by atoms with Crippen molar-refractivity contribution >= 4 is 5.91 Å². The summed E-state index contributed by atoms with van der Waals surface area (Å²) in [5, 5.41) is 8.11. The number of nitrogens with two attached hydrogens (primary N) is 1. The van der Waals surface area contributed by atoms with E-state index in [2.05, 4.69) is 15.7 Å². The number of carbonyl (C=O) groups excluding carboxylic acids is 1. The molecule has 3 heterocycles. The summed E-state index contributed by atoms with van der Waals surface area (Å²) in [7, 11) is 1.38. The number of methoxy groups -OCH3 is 1.